The Balaban J connectivity index is 1.74. The van der Waals surface area contributed by atoms with Gasteiger partial charge in [0.05, 0.1) is 12.0 Å². The number of aryl methyl sites for hydroxylation is 1. The van der Waals surface area contributed by atoms with Gasteiger partial charge in [-0.15, -0.1) is 10.2 Å². The lowest BCUT2D eigenvalue weighted by Crippen LogP contribution is -2.01. The number of hydrogen-bond donors (Lipinski definition) is 0. The number of furan rings is 1. The average molecular weight is 365 g/mol. The lowest BCUT2D eigenvalue weighted by atomic mass is 10.2. The largest absolute Gasteiger partial charge is 0.461 e. The van der Waals surface area contributed by atoms with Crippen LogP contribution < -0.4 is 0 Å². The molecule has 0 unspecified atom stereocenters. The van der Waals surface area contributed by atoms with Gasteiger partial charge in [-0.3, -0.25) is 4.57 Å². The van der Waals surface area contributed by atoms with Crippen molar-refractivity contribution in [3.63, 3.8) is 0 Å². The van der Waals surface area contributed by atoms with Gasteiger partial charge in [0.25, 0.3) is 0 Å². The summed E-state index contributed by atoms with van der Waals surface area (Å²) in [5, 5.41) is 9.41. The van der Waals surface area contributed by atoms with Crippen molar-refractivity contribution in [2.75, 3.05) is 0 Å². The Bertz CT molecular complexity index is 1030. The predicted molar refractivity (Wildman–Crippen MR) is 99.8 cm³/mol. The molecule has 0 atom stereocenters. The summed E-state index contributed by atoms with van der Waals surface area (Å²) in [5.74, 6) is 1.66. The maximum absolute atomic E-state index is 13.4. The van der Waals surface area contributed by atoms with Crippen LogP contribution in [0.2, 0.25) is 0 Å². The number of thioether (sulfide) groups is 1. The molecule has 0 N–H and O–H groups in total. The van der Waals surface area contributed by atoms with Crippen LogP contribution in [0.1, 0.15) is 11.1 Å². The van der Waals surface area contributed by atoms with E-state index in [1.807, 2.05) is 54.0 Å². The van der Waals surface area contributed by atoms with Crippen LogP contribution in [0.3, 0.4) is 0 Å². The van der Waals surface area contributed by atoms with E-state index in [2.05, 4.69) is 10.2 Å². The minimum absolute atomic E-state index is 0.236. The molecule has 0 saturated carbocycles. The molecule has 0 radical (unpaired) electrons. The summed E-state index contributed by atoms with van der Waals surface area (Å²) >= 11 is 1.51. The Kier molecular flexibility index (Phi) is 4.58. The summed E-state index contributed by atoms with van der Waals surface area (Å²) in [6.07, 6.45) is 1.62. The van der Waals surface area contributed by atoms with Crippen molar-refractivity contribution in [1.82, 2.24) is 14.8 Å². The third-order valence-corrected chi connectivity index (χ3v) is 4.99. The smallest absolute Gasteiger partial charge is 0.205 e. The summed E-state index contributed by atoms with van der Waals surface area (Å²) in [4.78, 5) is 0. The molecule has 0 aliphatic carbocycles. The number of aromatic nitrogens is 3. The van der Waals surface area contributed by atoms with E-state index in [9.17, 15) is 4.39 Å². The van der Waals surface area contributed by atoms with Crippen LogP contribution >= 0.6 is 11.8 Å². The molecule has 0 bridgehead atoms. The first-order valence-corrected chi connectivity index (χ1v) is 9.13. The number of hydrogen-bond acceptors (Lipinski definition) is 4. The van der Waals surface area contributed by atoms with E-state index in [0.717, 1.165) is 22.0 Å². The molecule has 0 fully saturated rings. The van der Waals surface area contributed by atoms with E-state index in [-0.39, 0.29) is 5.82 Å². The number of halogens is 1. The Labute approximate surface area is 154 Å². The highest BCUT2D eigenvalue weighted by molar-refractivity contribution is 7.98. The minimum Gasteiger partial charge on any atom is -0.461 e. The first-order chi connectivity index (χ1) is 12.7. The standard InChI is InChI=1S/C20H16FN3OS/c1-14-6-2-3-9-17(14)24-19(18-10-5-11-25-18)22-23-20(24)26-13-15-7-4-8-16(21)12-15/h2-12H,13H2,1H3. The van der Waals surface area contributed by atoms with Gasteiger partial charge >= 0.3 is 0 Å². The van der Waals surface area contributed by atoms with Crippen LogP contribution in [-0.4, -0.2) is 14.8 Å². The first-order valence-electron chi connectivity index (χ1n) is 8.15. The fraction of sp³-hybridized carbons (Fsp3) is 0.100. The number of para-hydroxylation sites is 1. The Morgan fingerprint density at radius 2 is 1.92 bits per heavy atom. The van der Waals surface area contributed by atoms with Gasteiger partial charge in [0.2, 0.25) is 5.82 Å². The molecule has 0 amide bonds. The molecule has 0 saturated heterocycles. The van der Waals surface area contributed by atoms with Crippen molar-refractivity contribution in [2.45, 2.75) is 17.8 Å². The normalized spacial score (nSPS) is 11.0. The van der Waals surface area contributed by atoms with E-state index in [4.69, 9.17) is 4.42 Å². The molecule has 130 valence electrons. The zero-order valence-electron chi connectivity index (χ0n) is 14.1. The third kappa shape index (κ3) is 3.28. The van der Waals surface area contributed by atoms with Gasteiger partial charge in [-0.1, -0.05) is 42.1 Å². The molecule has 0 spiro atoms. The highest BCUT2D eigenvalue weighted by atomic mass is 32.2. The van der Waals surface area contributed by atoms with Crippen molar-refractivity contribution in [2.24, 2.45) is 0 Å². The highest BCUT2D eigenvalue weighted by Crippen LogP contribution is 2.31. The van der Waals surface area contributed by atoms with Gasteiger partial charge in [0.15, 0.2) is 10.9 Å². The van der Waals surface area contributed by atoms with Crippen molar-refractivity contribution in [1.29, 1.82) is 0 Å². The van der Waals surface area contributed by atoms with Crippen LogP contribution in [-0.2, 0) is 5.75 Å². The average Bonchev–Trinajstić information content (AvgIpc) is 3.30. The molecule has 26 heavy (non-hydrogen) atoms. The molecule has 4 nitrogen and oxygen atoms in total. The third-order valence-electron chi connectivity index (χ3n) is 3.99. The quantitative estimate of drug-likeness (QED) is 0.452. The summed E-state index contributed by atoms with van der Waals surface area (Å²) in [6, 6.07) is 18.3. The maximum atomic E-state index is 13.4. The van der Waals surface area contributed by atoms with E-state index in [1.165, 1.54) is 23.9 Å². The molecule has 4 aromatic rings. The first kappa shape index (κ1) is 16.6. The van der Waals surface area contributed by atoms with Crippen LogP contribution in [0.5, 0.6) is 0 Å². The fourth-order valence-electron chi connectivity index (χ4n) is 2.73. The summed E-state index contributed by atoms with van der Waals surface area (Å²) < 4.78 is 20.9. The van der Waals surface area contributed by atoms with Crippen molar-refractivity contribution >= 4 is 11.8 Å². The number of rotatable bonds is 5. The molecule has 4 rings (SSSR count). The SMILES string of the molecule is Cc1ccccc1-n1c(SCc2cccc(F)c2)nnc1-c1ccco1. The summed E-state index contributed by atoms with van der Waals surface area (Å²) in [5.41, 5.74) is 2.99. The minimum atomic E-state index is -0.236. The zero-order chi connectivity index (χ0) is 17.9. The molecule has 0 aliphatic heterocycles. The predicted octanol–water partition coefficient (Wildman–Crippen LogP) is 5.27. The van der Waals surface area contributed by atoms with Gasteiger partial charge < -0.3 is 4.42 Å². The lowest BCUT2D eigenvalue weighted by molar-refractivity contribution is 0.575. The highest BCUT2D eigenvalue weighted by Gasteiger charge is 2.19. The zero-order valence-corrected chi connectivity index (χ0v) is 14.9. The van der Waals surface area contributed by atoms with Crippen molar-refractivity contribution in [3.8, 4) is 17.3 Å². The Hall–Kier alpha value is -2.86. The van der Waals surface area contributed by atoms with Crippen LogP contribution in [0, 0.1) is 12.7 Å². The second-order valence-electron chi connectivity index (χ2n) is 5.82. The number of nitrogens with zero attached hydrogens (tertiary/aromatic N) is 3. The fourth-order valence-corrected chi connectivity index (χ4v) is 3.62. The van der Waals surface area contributed by atoms with E-state index in [1.54, 1.807) is 12.3 Å². The van der Waals surface area contributed by atoms with Gasteiger partial charge in [0.1, 0.15) is 5.82 Å². The van der Waals surface area contributed by atoms with Crippen LogP contribution in [0.4, 0.5) is 4.39 Å². The van der Waals surface area contributed by atoms with Crippen molar-refractivity contribution in [3.05, 3.63) is 83.9 Å². The summed E-state index contributed by atoms with van der Waals surface area (Å²) in [6.45, 7) is 2.04. The van der Waals surface area contributed by atoms with Gasteiger partial charge in [-0.25, -0.2) is 4.39 Å². The number of benzene rings is 2. The van der Waals surface area contributed by atoms with E-state index in [0.29, 0.717) is 17.3 Å². The van der Waals surface area contributed by atoms with E-state index < -0.39 is 0 Å². The molecular formula is C20H16FN3OS. The van der Waals surface area contributed by atoms with Crippen molar-refractivity contribution < 1.29 is 8.81 Å². The maximum Gasteiger partial charge on any atom is 0.205 e. The molecule has 0 aliphatic rings. The van der Waals surface area contributed by atoms with Crippen LogP contribution in [0.25, 0.3) is 17.3 Å². The monoisotopic (exact) mass is 365 g/mol. The van der Waals surface area contributed by atoms with Crippen LogP contribution in [0.15, 0.2) is 76.5 Å². The Morgan fingerprint density at radius 3 is 2.69 bits per heavy atom. The van der Waals surface area contributed by atoms with E-state index >= 15 is 0 Å². The lowest BCUT2D eigenvalue weighted by Gasteiger charge is -2.11. The molecule has 6 heteroatoms. The topological polar surface area (TPSA) is 43.9 Å². The molecular weight excluding hydrogens is 349 g/mol. The van der Waals surface area contributed by atoms with Gasteiger partial charge in [-0.2, -0.15) is 0 Å². The van der Waals surface area contributed by atoms with Gasteiger partial charge in [0, 0.05) is 5.75 Å². The molecule has 2 aromatic carbocycles. The van der Waals surface area contributed by atoms with Gasteiger partial charge in [-0.05, 0) is 48.4 Å². The summed E-state index contributed by atoms with van der Waals surface area (Å²) in [7, 11) is 0. The second kappa shape index (κ2) is 7.17. The second-order valence-corrected chi connectivity index (χ2v) is 6.77. The molecule has 2 heterocycles. The molecule has 2 aromatic heterocycles. The Morgan fingerprint density at radius 1 is 1.04 bits per heavy atom.